The fourth-order valence-corrected chi connectivity index (χ4v) is 2.08. The van der Waals surface area contributed by atoms with E-state index >= 15 is 0 Å². The fraction of sp³-hybridized carbons (Fsp3) is 0.778. The monoisotopic (exact) mass is 295 g/mol. The van der Waals surface area contributed by atoms with Gasteiger partial charge in [0.15, 0.2) is 0 Å². The van der Waals surface area contributed by atoms with Crippen LogP contribution in [0, 0.1) is 17.3 Å². The highest BCUT2D eigenvalue weighted by molar-refractivity contribution is 6.05. The average Bonchev–Trinajstić information content (AvgIpc) is 2.50. The Balaban J connectivity index is 0.000000433. The van der Waals surface area contributed by atoms with Gasteiger partial charge in [0.1, 0.15) is 0 Å². The molecule has 0 aliphatic carbocycles. The van der Waals surface area contributed by atoms with Gasteiger partial charge in [0.25, 0.3) is 0 Å². The number of hydrogen-bond donors (Lipinski definition) is 0. The van der Waals surface area contributed by atoms with Gasteiger partial charge >= 0.3 is 0 Å². The van der Waals surface area contributed by atoms with E-state index < -0.39 is 0 Å². The lowest BCUT2D eigenvalue weighted by atomic mass is 9.92. The summed E-state index contributed by atoms with van der Waals surface area (Å²) >= 11 is 0. The number of rotatable bonds is 1. The maximum absolute atomic E-state index is 11.7. The first-order chi connectivity index (χ1) is 9.33. The molecule has 2 amide bonds. The lowest BCUT2D eigenvalue weighted by Gasteiger charge is -2.30. The van der Waals surface area contributed by atoms with Crippen LogP contribution in [0.25, 0.3) is 0 Å². The lowest BCUT2D eigenvalue weighted by molar-refractivity contribution is -0.145. The van der Waals surface area contributed by atoms with Crippen molar-refractivity contribution in [2.24, 2.45) is 17.3 Å². The van der Waals surface area contributed by atoms with Crippen LogP contribution in [0.1, 0.15) is 68.7 Å². The van der Waals surface area contributed by atoms with Crippen molar-refractivity contribution in [1.82, 2.24) is 4.90 Å². The molecule has 3 nitrogen and oxygen atoms in total. The molecule has 21 heavy (non-hydrogen) atoms. The van der Waals surface area contributed by atoms with Crippen LogP contribution in [0.2, 0.25) is 0 Å². The Morgan fingerprint density at radius 3 is 1.48 bits per heavy atom. The molecule has 1 heterocycles. The molecule has 2 unspecified atom stereocenters. The average molecular weight is 295 g/mol. The number of hydrogen-bond acceptors (Lipinski definition) is 2. The molecule has 0 aromatic carbocycles. The number of carbonyl (C=O) groups excluding carboxylic acids is 2. The second-order valence-corrected chi connectivity index (χ2v) is 8.09. The fourth-order valence-electron chi connectivity index (χ4n) is 2.08. The van der Waals surface area contributed by atoms with Crippen LogP contribution >= 0.6 is 0 Å². The highest BCUT2D eigenvalue weighted by atomic mass is 16.2. The zero-order chi connectivity index (χ0) is 17.0. The van der Waals surface area contributed by atoms with Gasteiger partial charge in [-0.2, -0.15) is 0 Å². The van der Waals surface area contributed by atoms with Crippen LogP contribution in [-0.2, 0) is 9.59 Å². The van der Waals surface area contributed by atoms with Crippen molar-refractivity contribution < 1.29 is 9.59 Å². The largest absolute Gasteiger partial charge is 0.277 e. The third-order valence-corrected chi connectivity index (χ3v) is 3.61. The third kappa shape index (κ3) is 6.03. The molecule has 122 valence electrons. The van der Waals surface area contributed by atoms with Gasteiger partial charge in [-0.05, 0) is 39.5 Å². The van der Waals surface area contributed by atoms with Crippen molar-refractivity contribution in [2.45, 2.75) is 74.3 Å². The first-order valence-electron chi connectivity index (χ1n) is 7.82. The molecule has 1 aliphatic rings. The highest BCUT2D eigenvalue weighted by Gasteiger charge is 2.46. The lowest BCUT2D eigenvalue weighted by Crippen LogP contribution is -2.45. The van der Waals surface area contributed by atoms with Gasteiger partial charge in [0.2, 0.25) is 11.8 Å². The molecule has 0 aromatic heterocycles. The zero-order valence-corrected chi connectivity index (χ0v) is 15.3. The standard InChI is InChI=1S/C10H17NO2.C8H16/c1-6-7(2)9(13)11(8(6)12)10(3,4)5;1-5-6-7-8(2,3)4/h6-7H,1-5H3;5-6H,7H2,1-4H3. The summed E-state index contributed by atoms with van der Waals surface area (Å²) in [7, 11) is 0. The molecule has 1 saturated heterocycles. The topological polar surface area (TPSA) is 37.4 Å². The summed E-state index contributed by atoms with van der Waals surface area (Å²) in [5, 5.41) is 0. The summed E-state index contributed by atoms with van der Waals surface area (Å²) in [6.07, 6.45) is 5.49. The molecule has 0 N–H and O–H groups in total. The van der Waals surface area contributed by atoms with Gasteiger partial charge in [0.05, 0.1) is 0 Å². The summed E-state index contributed by atoms with van der Waals surface area (Å²) in [6.45, 7) is 18.1. The van der Waals surface area contributed by atoms with E-state index in [0.29, 0.717) is 5.41 Å². The van der Waals surface area contributed by atoms with E-state index in [9.17, 15) is 9.59 Å². The van der Waals surface area contributed by atoms with Crippen molar-refractivity contribution >= 4 is 11.8 Å². The molecule has 0 aromatic rings. The number of nitrogens with zero attached hydrogens (tertiary/aromatic N) is 1. The third-order valence-electron chi connectivity index (χ3n) is 3.61. The highest BCUT2D eigenvalue weighted by Crippen LogP contribution is 2.30. The van der Waals surface area contributed by atoms with Gasteiger partial charge in [-0.3, -0.25) is 14.5 Å². The Labute approximate surface area is 130 Å². The first kappa shape index (κ1) is 19.9. The minimum atomic E-state index is -0.382. The maximum Gasteiger partial charge on any atom is 0.233 e. The van der Waals surface area contributed by atoms with E-state index in [4.69, 9.17) is 0 Å². The Kier molecular flexibility index (Phi) is 6.85. The molecule has 0 radical (unpaired) electrons. The molecule has 1 aliphatic heterocycles. The second kappa shape index (κ2) is 7.24. The minimum Gasteiger partial charge on any atom is -0.277 e. The van der Waals surface area contributed by atoms with Crippen molar-refractivity contribution in [2.75, 3.05) is 0 Å². The van der Waals surface area contributed by atoms with E-state index in [1.165, 1.54) is 11.3 Å². The number of likely N-dealkylation sites (tertiary alicyclic amines) is 1. The van der Waals surface area contributed by atoms with Gasteiger partial charge < -0.3 is 0 Å². The van der Waals surface area contributed by atoms with Gasteiger partial charge in [-0.1, -0.05) is 46.8 Å². The van der Waals surface area contributed by atoms with Crippen molar-refractivity contribution in [3.8, 4) is 0 Å². The van der Waals surface area contributed by atoms with Crippen LogP contribution in [0.5, 0.6) is 0 Å². The quantitative estimate of drug-likeness (QED) is 0.530. The summed E-state index contributed by atoms with van der Waals surface area (Å²) in [4.78, 5) is 24.7. The van der Waals surface area contributed by atoms with Gasteiger partial charge in [-0.25, -0.2) is 0 Å². The number of carbonyl (C=O) groups is 2. The van der Waals surface area contributed by atoms with E-state index in [-0.39, 0.29) is 29.2 Å². The summed E-state index contributed by atoms with van der Waals surface area (Å²) in [5.74, 6) is -0.395. The number of allylic oxidation sites excluding steroid dienone is 2. The van der Waals surface area contributed by atoms with Crippen LogP contribution in [-0.4, -0.2) is 22.3 Å². The summed E-state index contributed by atoms with van der Waals surface area (Å²) in [5.41, 5.74) is 0.0830. The first-order valence-corrected chi connectivity index (χ1v) is 7.82. The van der Waals surface area contributed by atoms with E-state index in [0.717, 1.165) is 0 Å². The Morgan fingerprint density at radius 2 is 1.33 bits per heavy atom. The van der Waals surface area contributed by atoms with Crippen LogP contribution in [0.15, 0.2) is 12.2 Å². The molecule has 1 fully saturated rings. The smallest absolute Gasteiger partial charge is 0.233 e. The van der Waals surface area contributed by atoms with Crippen molar-refractivity contribution in [3.63, 3.8) is 0 Å². The zero-order valence-electron chi connectivity index (χ0n) is 15.3. The molecule has 2 atom stereocenters. The maximum atomic E-state index is 11.7. The predicted molar refractivity (Wildman–Crippen MR) is 88.8 cm³/mol. The van der Waals surface area contributed by atoms with Crippen LogP contribution in [0.3, 0.4) is 0 Å². The van der Waals surface area contributed by atoms with E-state index in [1.54, 1.807) is 0 Å². The Hall–Kier alpha value is -1.12. The minimum absolute atomic E-state index is 0.0370. The van der Waals surface area contributed by atoms with E-state index in [2.05, 4.69) is 39.8 Å². The van der Waals surface area contributed by atoms with Crippen LogP contribution < -0.4 is 0 Å². The molecule has 1 rings (SSSR count). The van der Waals surface area contributed by atoms with E-state index in [1.807, 2.05) is 34.6 Å². The molecule has 0 saturated carbocycles. The number of imide groups is 1. The molecule has 3 heteroatoms. The van der Waals surface area contributed by atoms with Crippen molar-refractivity contribution in [1.29, 1.82) is 0 Å². The normalized spacial score (nSPS) is 23.6. The van der Waals surface area contributed by atoms with Crippen molar-refractivity contribution in [3.05, 3.63) is 12.2 Å². The molecule has 0 spiro atoms. The van der Waals surface area contributed by atoms with Gasteiger partial charge in [-0.15, -0.1) is 0 Å². The molecular formula is C18H33NO2. The summed E-state index contributed by atoms with van der Waals surface area (Å²) in [6, 6.07) is 0. The Bertz CT molecular complexity index is 376. The number of amides is 2. The SMILES string of the molecule is CC1C(=O)N(C(C)(C)C)C(=O)C1C.CC=CCC(C)(C)C. The second-order valence-electron chi connectivity index (χ2n) is 8.09. The van der Waals surface area contributed by atoms with Gasteiger partial charge in [0, 0.05) is 17.4 Å². The molecular weight excluding hydrogens is 262 g/mol. The predicted octanol–water partition coefficient (Wildman–Crippen LogP) is 4.42. The summed E-state index contributed by atoms with van der Waals surface area (Å²) < 4.78 is 0. The molecule has 0 bridgehead atoms. The van der Waals surface area contributed by atoms with Crippen LogP contribution in [0.4, 0.5) is 0 Å². The Morgan fingerprint density at radius 1 is 0.952 bits per heavy atom.